The molecule has 0 aromatic heterocycles. The first-order chi connectivity index (χ1) is 9.70. The first-order valence-corrected chi connectivity index (χ1v) is 7.50. The average Bonchev–Trinajstić information content (AvgIpc) is 3.23. The first-order valence-electron chi connectivity index (χ1n) is 7.50. The van der Waals surface area contributed by atoms with Crippen LogP contribution in [-0.2, 0) is 9.53 Å². The van der Waals surface area contributed by atoms with Crippen LogP contribution in [0, 0.1) is 5.92 Å². The fraction of sp³-hybridized carbons (Fsp3) is 0.562. The van der Waals surface area contributed by atoms with E-state index in [0.717, 1.165) is 43.7 Å². The molecule has 2 fully saturated rings. The summed E-state index contributed by atoms with van der Waals surface area (Å²) >= 11 is 0. The van der Waals surface area contributed by atoms with Crippen LogP contribution in [0.3, 0.4) is 0 Å². The maximum atomic E-state index is 11.8. The van der Waals surface area contributed by atoms with Gasteiger partial charge in [0.15, 0.2) is 0 Å². The van der Waals surface area contributed by atoms with Gasteiger partial charge in [0, 0.05) is 29.9 Å². The van der Waals surface area contributed by atoms with Crippen LogP contribution in [0.5, 0.6) is 0 Å². The minimum absolute atomic E-state index is 0.154. The standard InChI is InChI=1S/C16H22N2O2/c1-11-9-15(7-8-20-11)17-13-3-2-4-14(10-13)18-16(19)12-5-6-12/h2-4,10-12,15,17H,5-9H2,1H3,(H,18,19). The second-order valence-electron chi connectivity index (χ2n) is 5.89. The molecule has 1 heterocycles. The van der Waals surface area contributed by atoms with Crippen molar-refractivity contribution in [2.45, 2.75) is 44.8 Å². The highest BCUT2D eigenvalue weighted by Gasteiger charge is 2.29. The number of ether oxygens (including phenoxy) is 1. The van der Waals surface area contributed by atoms with Gasteiger partial charge in [0.25, 0.3) is 0 Å². The Balaban J connectivity index is 1.60. The molecule has 1 amide bonds. The van der Waals surface area contributed by atoms with Gasteiger partial charge in [-0.3, -0.25) is 4.79 Å². The van der Waals surface area contributed by atoms with Crippen LogP contribution < -0.4 is 10.6 Å². The summed E-state index contributed by atoms with van der Waals surface area (Å²) in [7, 11) is 0. The van der Waals surface area contributed by atoms with E-state index in [-0.39, 0.29) is 11.8 Å². The molecule has 4 heteroatoms. The lowest BCUT2D eigenvalue weighted by atomic mass is 10.0. The lowest BCUT2D eigenvalue weighted by Crippen LogP contribution is -2.32. The molecule has 1 saturated carbocycles. The number of rotatable bonds is 4. The predicted molar refractivity (Wildman–Crippen MR) is 79.9 cm³/mol. The number of amides is 1. The van der Waals surface area contributed by atoms with Crippen LogP contribution in [0.15, 0.2) is 24.3 Å². The lowest BCUT2D eigenvalue weighted by Gasteiger charge is -2.28. The van der Waals surface area contributed by atoms with Gasteiger partial charge in [-0.2, -0.15) is 0 Å². The molecule has 0 spiro atoms. The number of benzene rings is 1. The minimum atomic E-state index is 0.154. The van der Waals surface area contributed by atoms with Gasteiger partial charge in [0.2, 0.25) is 5.91 Å². The van der Waals surface area contributed by atoms with Crippen LogP contribution in [0.4, 0.5) is 11.4 Å². The third-order valence-electron chi connectivity index (χ3n) is 3.93. The zero-order valence-corrected chi connectivity index (χ0v) is 11.9. The maximum Gasteiger partial charge on any atom is 0.227 e. The Hall–Kier alpha value is -1.55. The van der Waals surface area contributed by atoms with Crippen LogP contribution in [0.2, 0.25) is 0 Å². The van der Waals surface area contributed by atoms with Crippen molar-refractivity contribution < 1.29 is 9.53 Å². The SMILES string of the molecule is CC1CC(Nc2cccc(NC(=O)C3CC3)c2)CCO1. The largest absolute Gasteiger partial charge is 0.382 e. The molecule has 0 bridgehead atoms. The number of nitrogens with one attached hydrogen (secondary N) is 2. The lowest BCUT2D eigenvalue weighted by molar-refractivity contribution is -0.117. The van der Waals surface area contributed by atoms with Gasteiger partial charge in [-0.1, -0.05) is 6.07 Å². The highest BCUT2D eigenvalue weighted by atomic mass is 16.5. The molecule has 1 aromatic rings. The molecule has 1 aliphatic carbocycles. The van der Waals surface area contributed by atoms with Gasteiger partial charge in [0.05, 0.1) is 6.10 Å². The van der Waals surface area contributed by atoms with E-state index >= 15 is 0 Å². The van der Waals surface area contributed by atoms with Crippen molar-refractivity contribution in [1.29, 1.82) is 0 Å². The van der Waals surface area contributed by atoms with Gasteiger partial charge in [-0.25, -0.2) is 0 Å². The minimum Gasteiger partial charge on any atom is -0.382 e. The summed E-state index contributed by atoms with van der Waals surface area (Å²) in [5.74, 6) is 0.393. The van der Waals surface area contributed by atoms with Gasteiger partial charge < -0.3 is 15.4 Å². The van der Waals surface area contributed by atoms with Gasteiger partial charge >= 0.3 is 0 Å². The smallest absolute Gasteiger partial charge is 0.227 e. The van der Waals surface area contributed by atoms with E-state index in [4.69, 9.17) is 4.74 Å². The Kier molecular flexibility index (Phi) is 3.92. The second-order valence-corrected chi connectivity index (χ2v) is 5.89. The Morgan fingerprint density at radius 2 is 2.05 bits per heavy atom. The Labute approximate surface area is 119 Å². The van der Waals surface area contributed by atoms with Crippen LogP contribution in [0.1, 0.15) is 32.6 Å². The molecule has 0 radical (unpaired) electrons. The highest BCUT2D eigenvalue weighted by molar-refractivity contribution is 5.94. The van der Waals surface area contributed by atoms with E-state index < -0.39 is 0 Å². The number of carbonyl (C=O) groups is 1. The van der Waals surface area contributed by atoms with Crippen LogP contribution in [0.25, 0.3) is 0 Å². The molecule has 2 N–H and O–H groups in total. The molecule has 3 rings (SSSR count). The summed E-state index contributed by atoms with van der Waals surface area (Å²) < 4.78 is 5.56. The Morgan fingerprint density at radius 1 is 1.25 bits per heavy atom. The third kappa shape index (κ3) is 3.51. The van der Waals surface area contributed by atoms with E-state index in [9.17, 15) is 4.79 Å². The van der Waals surface area contributed by atoms with Crippen molar-refractivity contribution in [3.05, 3.63) is 24.3 Å². The molecule has 20 heavy (non-hydrogen) atoms. The van der Waals surface area contributed by atoms with E-state index in [0.29, 0.717) is 12.1 Å². The van der Waals surface area contributed by atoms with E-state index in [1.54, 1.807) is 0 Å². The molecular weight excluding hydrogens is 252 g/mol. The van der Waals surface area contributed by atoms with E-state index in [1.165, 1.54) is 0 Å². The fourth-order valence-electron chi connectivity index (χ4n) is 2.64. The Bertz CT molecular complexity index is 485. The van der Waals surface area contributed by atoms with Crippen molar-refractivity contribution in [1.82, 2.24) is 0 Å². The van der Waals surface area contributed by atoms with Crippen molar-refractivity contribution in [2.24, 2.45) is 5.92 Å². The number of hydrogen-bond donors (Lipinski definition) is 2. The van der Waals surface area contributed by atoms with Crippen molar-refractivity contribution in [3.8, 4) is 0 Å². The molecule has 108 valence electrons. The molecule has 4 nitrogen and oxygen atoms in total. The molecule has 2 aliphatic rings. The van der Waals surface area contributed by atoms with Gasteiger partial charge in [0.1, 0.15) is 0 Å². The van der Waals surface area contributed by atoms with Crippen molar-refractivity contribution >= 4 is 17.3 Å². The fourth-order valence-corrected chi connectivity index (χ4v) is 2.64. The number of hydrogen-bond acceptors (Lipinski definition) is 3. The third-order valence-corrected chi connectivity index (χ3v) is 3.93. The summed E-state index contributed by atoms with van der Waals surface area (Å²) in [6.07, 6.45) is 4.44. The summed E-state index contributed by atoms with van der Waals surface area (Å²) in [6.45, 7) is 2.93. The van der Waals surface area contributed by atoms with Crippen molar-refractivity contribution in [3.63, 3.8) is 0 Å². The summed E-state index contributed by atoms with van der Waals surface area (Å²) in [6, 6.07) is 8.44. The summed E-state index contributed by atoms with van der Waals surface area (Å²) in [5, 5.41) is 6.53. The molecule has 1 aromatic carbocycles. The molecule has 1 aliphatic heterocycles. The predicted octanol–water partition coefficient (Wildman–Crippen LogP) is 3.01. The van der Waals surface area contributed by atoms with Crippen LogP contribution >= 0.6 is 0 Å². The number of carbonyl (C=O) groups excluding carboxylic acids is 1. The normalized spacial score (nSPS) is 26.1. The molecule has 2 unspecified atom stereocenters. The zero-order chi connectivity index (χ0) is 13.9. The summed E-state index contributed by atoms with van der Waals surface area (Å²) in [4.78, 5) is 11.8. The Morgan fingerprint density at radius 3 is 2.80 bits per heavy atom. The maximum absolute atomic E-state index is 11.8. The first kappa shape index (κ1) is 13.4. The summed E-state index contributed by atoms with van der Waals surface area (Å²) in [5.41, 5.74) is 1.95. The van der Waals surface area contributed by atoms with Gasteiger partial charge in [-0.05, 0) is 50.8 Å². The molecule has 2 atom stereocenters. The van der Waals surface area contributed by atoms with Gasteiger partial charge in [-0.15, -0.1) is 0 Å². The average molecular weight is 274 g/mol. The topological polar surface area (TPSA) is 50.4 Å². The molecule has 1 saturated heterocycles. The molecular formula is C16H22N2O2. The quantitative estimate of drug-likeness (QED) is 0.887. The second kappa shape index (κ2) is 5.83. The zero-order valence-electron chi connectivity index (χ0n) is 11.9. The number of anilines is 2. The van der Waals surface area contributed by atoms with Crippen LogP contribution in [-0.4, -0.2) is 24.7 Å². The monoisotopic (exact) mass is 274 g/mol. The van der Waals surface area contributed by atoms with E-state index in [2.05, 4.69) is 17.6 Å². The van der Waals surface area contributed by atoms with E-state index in [1.807, 2.05) is 24.3 Å². The highest BCUT2D eigenvalue weighted by Crippen LogP contribution is 2.30. The van der Waals surface area contributed by atoms with Crippen molar-refractivity contribution in [2.75, 3.05) is 17.2 Å².